The van der Waals surface area contributed by atoms with E-state index in [-0.39, 0.29) is 23.6 Å². The van der Waals surface area contributed by atoms with Crippen molar-refractivity contribution >= 4 is 11.8 Å². The lowest BCUT2D eigenvalue weighted by atomic mass is 9.94. The molecule has 196 valence electrons. The number of hydrogen-bond donors (Lipinski definition) is 1. The average Bonchev–Trinajstić information content (AvgIpc) is 3.46. The first-order valence-corrected chi connectivity index (χ1v) is 12.9. The maximum atomic E-state index is 13.9. The summed E-state index contributed by atoms with van der Waals surface area (Å²) in [6.45, 7) is 2.37. The highest BCUT2D eigenvalue weighted by atomic mass is 16.5. The summed E-state index contributed by atoms with van der Waals surface area (Å²) in [6.07, 6.45) is 7.32. The molecule has 1 N–H and O–H groups in total. The van der Waals surface area contributed by atoms with E-state index in [0.717, 1.165) is 36.8 Å². The third kappa shape index (κ3) is 6.53. The summed E-state index contributed by atoms with van der Waals surface area (Å²) >= 11 is 0. The number of rotatable bonds is 10. The summed E-state index contributed by atoms with van der Waals surface area (Å²) in [5.41, 5.74) is 2.89. The molecule has 3 aromatic rings. The van der Waals surface area contributed by atoms with Crippen LogP contribution in [0.2, 0.25) is 0 Å². The SMILES string of the molecule is COc1ccc([C@H](C(=O)NC2CCCCC2)N(CCc2cccc(C)c2)C(=O)c2ccco2)cc1OC. The van der Waals surface area contributed by atoms with Crippen molar-refractivity contribution in [1.29, 1.82) is 0 Å². The molecule has 0 bridgehead atoms. The molecule has 2 aromatic carbocycles. The molecule has 2 amide bonds. The standard InChI is InChI=1S/C30H36N2O5/c1-21-9-7-10-22(19-21)16-17-32(30(34)26-13-8-18-37-26)28(29(33)31-24-11-5-4-6-12-24)23-14-15-25(35-2)27(20-23)36-3/h7-10,13-15,18-20,24,28H,4-6,11-12,16-17H2,1-3H3,(H,31,33)/t28-/m1/s1. The second kappa shape index (κ2) is 12.5. The summed E-state index contributed by atoms with van der Waals surface area (Å²) in [5.74, 6) is 0.709. The zero-order valence-corrected chi connectivity index (χ0v) is 21.9. The molecule has 1 heterocycles. The van der Waals surface area contributed by atoms with Crippen LogP contribution in [0, 0.1) is 6.92 Å². The number of methoxy groups -OCH3 is 2. The van der Waals surface area contributed by atoms with Crippen LogP contribution in [0.1, 0.15) is 65.4 Å². The molecule has 1 fully saturated rings. The quantitative estimate of drug-likeness (QED) is 0.395. The Bertz CT molecular complexity index is 1180. The van der Waals surface area contributed by atoms with Crippen LogP contribution in [0.15, 0.2) is 65.3 Å². The molecule has 7 nitrogen and oxygen atoms in total. The fourth-order valence-electron chi connectivity index (χ4n) is 5.03. The topological polar surface area (TPSA) is 81.0 Å². The molecule has 7 heteroatoms. The van der Waals surface area contributed by atoms with Crippen molar-refractivity contribution in [3.63, 3.8) is 0 Å². The summed E-state index contributed by atoms with van der Waals surface area (Å²) < 4.78 is 16.4. The number of nitrogens with zero attached hydrogens (tertiary/aromatic N) is 1. The van der Waals surface area contributed by atoms with E-state index in [1.165, 1.54) is 12.7 Å². The maximum absolute atomic E-state index is 13.9. The van der Waals surface area contributed by atoms with E-state index in [2.05, 4.69) is 11.4 Å². The van der Waals surface area contributed by atoms with Crippen molar-refractivity contribution in [2.45, 2.75) is 57.5 Å². The fourth-order valence-corrected chi connectivity index (χ4v) is 5.03. The van der Waals surface area contributed by atoms with Gasteiger partial charge in [-0.2, -0.15) is 0 Å². The Labute approximate surface area is 218 Å². The van der Waals surface area contributed by atoms with E-state index in [1.54, 1.807) is 43.4 Å². The maximum Gasteiger partial charge on any atom is 0.290 e. The van der Waals surface area contributed by atoms with Crippen LogP contribution in [-0.2, 0) is 11.2 Å². The summed E-state index contributed by atoms with van der Waals surface area (Å²) in [7, 11) is 3.13. The van der Waals surface area contributed by atoms with Crippen molar-refractivity contribution in [3.05, 3.63) is 83.3 Å². The Balaban J connectivity index is 1.73. The van der Waals surface area contributed by atoms with Crippen LogP contribution >= 0.6 is 0 Å². The van der Waals surface area contributed by atoms with Crippen molar-refractivity contribution in [1.82, 2.24) is 10.2 Å². The zero-order chi connectivity index (χ0) is 26.2. The van der Waals surface area contributed by atoms with E-state index in [9.17, 15) is 9.59 Å². The third-order valence-corrected chi connectivity index (χ3v) is 6.95. The Hall–Kier alpha value is -3.74. The molecule has 1 aliphatic carbocycles. The van der Waals surface area contributed by atoms with Gasteiger partial charge in [0.15, 0.2) is 17.3 Å². The van der Waals surface area contributed by atoms with Gasteiger partial charge in [0, 0.05) is 12.6 Å². The molecule has 0 unspecified atom stereocenters. The minimum atomic E-state index is -0.871. The lowest BCUT2D eigenvalue weighted by Crippen LogP contribution is -2.47. The number of amides is 2. The highest BCUT2D eigenvalue weighted by molar-refractivity contribution is 5.96. The normalized spacial score (nSPS) is 14.6. The molecule has 0 radical (unpaired) electrons. The van der Waals surface area contributed by atoms with E-state index in [4.69, 9.17) is 13.9 Å². The smallest absolute Gasteiger partial charge is 0.290 e. The predicted octanol–water partition coefficient (Wildman–Crippen LogP) is 5.48. The van der Waals surface area contributed by atoms with Crippen molar-refractivity contribution in [3.8, 4) is 11.5 Å². The van der Waals surface area contributed by atoms with Gasteiger partial charge in [0.1, 0.15) is 6.04 Å². The van der Waals surface area contributed by atoms with Gasteiger partial charge < -0.3 is 24.1 Å². The van der Waals surface area contributed by atoms with Gasteiger partial charge in [-0.1, -0.05) is 55.2 Å². The first-order valence-electron chi connectivity index (χ1n) is 12.9. The monoisotopic (exact) mass is 504 g/mol. The van der Waals surface area contributed by atoms with Gasteiger partial charge in [-0.15, -0.1) is 0 Å². The van der Waals surface area contributed by atoms with Crippen LogP contribution in [0.5, 0.6) is 11.5 Å². The minimum absolute atomic E-state index is 0.0984. The molecule has 1 saturated carbocycles. The number of nitrogens with one attached hydrogen (secondary N) is 1. The minimum Gasteiger partial charge on any atom is -0.493 e. The number of hydrogen-bond acceptors (Lipinski definition) is 5. The van der Waals surface area contributed by atoms with Crippen LogP contribution in [0.3, 0.4) is 0 Å². The van der Waals surface area contributed by atoms with Crippen LogP contribution in [-0.4, -0.2) is 43.5 Å². The van der Waals surface area contributed by atoms with Gasteiger partial charge in [-0.05, 0) is 61.6 Å². The van der Waals surface area contributed by atoms with Gasteiger partial charge in [-0.3, -0.25) is 9.59 Å². The lowest BCUT2D eigenvalue weighted by molar-refractivity contribution is -0.126. The van der Waals surface area contributed by atoms with Gasteiger partial charge in [0.2, 0.25) is 5.91 Å². The Morgan fingerprint density at radius 1 is 1.00 bits per heavy atom. The molecule has 4 rings (SSSR count). The number of carbonyl (C=O) groups excluding carboxylic acids is 2. The van der Waals surface area contributed by atoms with E-state index in [1.807, 2.05) is 31.2 Å². The van der Waals surface area contributed by atoms with Gasteiger partial charge >= 0.3 is 0 Å². The zero-order valence-electron chi connectivity index (χ0n) is 21.9. The van der Waals surface area contributed by atoms with E-state index >= 15 is 0 Å². The first-order chi connectivity index (χ1) is 18.0. The van der Waals surface area contributed by atoms with Crippen LogP contribution < -0.4 is 14.8 Å². The Morgan fingerprint density at radius 3 is 2.46 bits per heavy atom. The first kappa shape index (κ1) is 26.3. The Kier molecular flexibility index (Phi) is 8.88. The van der Waals surface area contributed by atoms with Crippen molar-refractivity contribution in [2.24, 2.45) is 0 Å². The van der Waals surface area contributed by atoms with Gasteiger partial charge in [0.05, 0.1) is 20.5 Å². The number of benzene rings is 2. The molecule has 0 saturated heterocycles. The highest BCUT2D eigenvalue weighted by Crippen LogP contribution is 2.33. The number of furan rings is 1. The van der Waals surface area contributed by atoms with Crippen molar-refractivity contribution < 1.29 is 23.5 Å². The predicted molar refractivity (Wildman–Crippen MR) is 142 cm³/mol. The summed E-state index contributed by atoms with van der Waals surface area (Å²) in [5, 5.41) is 3.24. The molecule has 1 aliphatic rings. The number of aryl methyl sites for hydroxylation is 1. The molecule has 0 spiro atoms. The highest BCUT2D eigenvalue weighted by Gasteiger charge is 2.34. The second-order valence-electron chi connectivity index (χ2n) is 9.58. The Morgan fingerprint density at radius 2 is 1.78 bits per heavy atom. The van der Waals surface area contributed by atoms with Crippen molar-refractivity contribution in [2.75, 3.05) is 20.8 Å². The second-order valence-corrected chi connectivity index (χ2v) is 9.58. The largest absolute Gasteiger partial charge is 0.493 e. The van der Waals surface area contributed by atoms with Gasteiger partial charge in [-0.25, -0.2) is 0 Å². The average molecular weight is 505 g/mol. The number of ether oxygens (including phenoxy) is 2. The molecular weight excluding hydrogens is 468 g/mol. The molecule has 37 heavy (non-hydrogen) atoms. The molecule has 1 aromatic heterocycles. The molecule has 0 aliphatic heterocycles. The van der Waals surface area contributed by atoms with E-state index in [0.29, 0.717) is 30.0 Å². The molecule has 1 atom stereocenters. The van der Waals surface area contributed by atoms with Crippen LogP contribution in [0.4, 0.5) is 0 Å². The summed E-state index contributed by atoms with van der Waals surface area (Å²) in [6, 6.07) is 16.1. The van der Waals surface area contributed by atoms with Crippen LogP contribution in [0.25, 0.3) is 0 Å². The lowest BCUT2D eigenvalue weighted by Gasteiger charge is -2.33. The third-order valence-electron chi connectivity index (χ3n) is 6.95. The molecular formula is C30H36N2O5. The number of carbonyl (C=O) groups is 2. The summed E-state index contributed by atoms with van der Waals surface area (Å²) in [4.78, 5) is 29.3. The van der Waals surface area contributed by atoms with E-state index < -0.39 is 6.04 Å². The van der Waals surface area contributed by atoms with Gasteiger partial charge in [0.25, 0.3) is 5.91 Å². The fraction of sp³-hybridized carbons (Fsp3) is 0.400.